The van der Waals surface area contributed by atoms with Gasteiger partial charge in [-0.05, 0) is 30.7 Å². The summed E-state index contributed by atoms with van der Waals surface area (Å²) in [5.41, 5.74) is 8.33. The largest absolute Gasteiger partial charge is 0.273 e. The van der Waals surface area contributed by atoms with Crippen molar-refractivity contribution in [3.63, 3.8) is 0 Å². The van der Waals surface area contributed by atoms with E-state index in [1.54, 1.807) is 17.1 Å². The minimum Gasteiger partial charge on any atom is -0.273 e. The number of rotatable bonds is 6. The first-order valence-corrected chi connectivity index (χ1v) is 9.90. The lowest BCUT2D eigenvalue weighted by atomic mass is 10.1. The molecule has 2 aromatic heterocycles. The highest BCUT2D eigenvalue weighted by molar-refractivity contribution is 6.00. The Balaban J connectivity index is 1.49. The Kier molecular flexibility index (Phi) is 6.13. The molecule has 7 nitrogen and oxygen atoms in total. The Morgan fingerprint density at radius 1 is 0.839 bits per heavy atom. The molecule has 154 valence electrons. The van der Waals surface area contributed by atoms with E-state index >= 15 is 0 Å². The fraction of sp³-hybridized carbons (Fsp3) is 0.0833. The van der Waals surface area contributed by atoms with Gasteiger partial charge in [-0.3, -0.25) is 25.4 Å². The Morgan fingerprint density at radius 3 is 2.26 bits per heavy atom. The summed E-state index contributed by atoms with van der Waals surface area (Å²) in [5.74, 6) is -0.733. The lowest BCUT2D eigenvalue weighted by Gasteiger charge is -2.07. The SMILES string of the molecule is O=C(CCc1ccccn1)NNC(=O)c1cn(-c2ccccc2)nc1-c1ccccc1. The van der Waals surface area contributed by atoms with Crippen LogP contribution in [0.3, 0.4) is 0 Å². The van der Waals surface area contributed by atoms with E-state index < -0.39 is 5.91 Å². The molecule has 0 saturated carbocycles. The molecule has 2 aromatic carbocycles. The molecule has 0 atom stereocenters. The van der Waals surface area contributed by atoms with Crippen LogP contribution in [-0.4, -0.2) is 26.6 Å². The van der Waals surface area contributed by atoms with Crippen molar-refractivity contribution >= 4 is 11.8 Å². The molecule has 4 aromatic rings. The van der Waals surface area contributed by atoms with Crippen molar-refractivity contribution in [2.24, 2.45) is 0 Å². The van der Waals surface area contributed by atoms with Crippen LogP contribution in [0.2, 0.25) is 0 Å². The van der Waals surface area contributed by atoms with Crippen molar-refractivity contribution in [3.05, 3.63) is 103 Å². The second-order valence-corrected chi connectivity index (χ2v) is 6.86. The molecule has 0 aliphatic carbocycles. The molecule has 7 heteroatoms. The quantitative estimate of drug-likeness (QED) is 0.477. The highest BCUT2D eigenvalue weighted by Crippen LogP contribution is 2.23. The average molecular weight is 411 g/mol. The van der Waals surface area contributed by atoms with Crippen molar-refractivity contribution in [1.82, 2.24) is 25.6 Å². The van der Waals surface area contributed by atoms with Gasteiger partial charge >= 0.3 is 0 Å². The van der Waals surface area contributed by atoms with Gasteiger partial charge in [0.25, 0.3) is 5.91 Å². The first-order chi connectivity index (χ1) is 15.2. The first-order valence-electron chi connectivity index (χ1n) is 9.90. The zero-order chi connectivity index (χ0) is 21.5. The predicted octanol–water partition coefficient (Wildman–Crippen LogP) is 3.33. The van der Waals surface area contributed by atoms with Crippen LogP contribution in [0.25, 0.3) is 16.9 Å². The predicted molar refractivity (Wildman–Crippen MR) is 117 cm³/mol. The molecular weight excluding hydrogens is 390 g/mol. The smallest absolute Gasteiger partial charge is 0.273 e. The fourth-order valence-corrected chi connectivity index (χ4v) is 3.11. The van der Waals surface area contributed by atoms with Crippen molar-refractivity contribution in [2.45, 2.75) is 12.8 Å². The molecule has 2 amide bonds. The van der Waals surface area contributed by atoms with Crippen molar-refractivity contribution in [2.75, 3.05) is 0 Å². The number of hydrogen-bond acceptors (Lipinski definition) is 4. The Bertz CT molecular complexity index is 1160. The maximum Gasteiger partial charge on any atom is 0.273 e. The molecule has 2 heterocycles. The maximum absolute atomic E-state index is 12.9. The van der Waals surface area contributed by atoms with Gasteiger partial charge in [0.2, 0.25) is 5.91 Å². The monoisotopic (exact) mass is 411 g/mol. The Labute approximate surface area is 179 Å². The van der Waals surface area contributed by atoms with E-state index in [2.05, 4.69) is 20.9 Å². The van der Waals surface area contributed by atoms with Crippen LogP contribution in [0.1, 0.15) is 22.5 Å². The van der Waals surface area contributed by atoms with Crippen molar-refractivity contribution in [1.29, 1.82) is 0 Å². The fourth-order valence-electron chi connectivity index (χ4n) is 3.11. The van der Waals surface area contributed by atoms with E-state index in [-0.39, 0.29) is 12.3 Å². The summed E-state index contributed by atoms with van der Waals surface area (Å²) < 4.78 is 1.65. The van der Waals surface area contributed by atoms with Crippen LogP contribution in [0.4, 0.5) is 0 Å². The summed E-state index contributed by atoms with van der Waals surface area (Å²) in [4.78, 5) is 29.2. The highest BCUT2D eigenvalue weighted by atomic mass is 16.2. The number of aromatic nitrogens is 3. The van der Waals surface area contributed by atoms with Gasteiger partial charge in [-0.15, -0.1) is 0 Å². The van der Waals surface area contributed by atoms with Gasteiger partial charge in [0, 0.05) is 30.1 Å². The number of hydrazine groups is 1. The zero-order valence-electron chi connectivity index (χ0n) is 16.7. The number of amides is 2. The van der Waals surface area contributed by atoms with Gasteiger partial charge in [-0.2, -0.15) is 5.10 Å². The normalized spacial score (nSPS) is 10.5. The Morgan fingerprint density at radius 2 is 1.55 bits per heavy atom. The zero-order valence-corrected chi connectivity index (χ0v) is 16.7. The Hall–Kier alpha value is -4.26. The summed E-state index contributed by atoms with van der Waals surface area (Å²) in [5, 5.41) is 4.61. The lowest BCUT2D eigenvalue weighted by molar-refractivity contribution is -0.121. The standard InChI is InChI=1S/C24H21N5O2/c30-22(15-14-19-11-7-8-16-25-19)26-27-24(31)21-17-29(20-12-5-2-6-13-20)28-23(21)18-9-3-1-4-10-18/h1-13,16-17H,14-15H2,(H,26,30)(H,27,31). The van der Waals surface area contributed by atoms with E-state index in [0.29, 0.717) is 17.7 Å². The van der Waals surface area contributed by atoms with Crippen LogP contribution >= 0.6 is 0 Å². The lowest BCUT2D eigenvalue weighted by Crippen LogP contribution is -2.41. The number of benzene rings is 2. The third-order valence-electron chi connectivity index (χ3n) is 4.68. The highest BCUT2D eigenvalue weighted by Gasteiger charge is 2.19. The van der Waals surface area contributed by atoms with Gasteiger partial charge in [0.1, 0.15) is 5.69 Å². The first kappa shape index (κ1) is 20.0. The van der Waals surface area contributed by atoms with E-state index in [4.69, 9.17) is 0 Å². The summed E-state index contributed by atoms with van der Waals surface area (Å²) in [6, 6.07) is 24.5. The van der Waals surface area contributed by atoms with E-state index in [1.807, 2.05) is 78.9 Å². The second-order valence-electron chi connectivity index (χ2n) is 6.86. The summed E-state index contributed by atoms with van der Waals surface area (Å²) in [7, 11) is 0. The average Bonchev–Trinajstić information content (AvgIpc) is 3.29. The molecule has 0 radical (unpaired) electrons. The molecule has 0 saturated heterocycles. The molecule has 4 rings (SSSR count). The minimum atomic E-state index is -0.438. The van der Waals surface area contributed by atoms with Crippen LogP contribution in [0.15, 0.2) is 91.3 Å². The minimum absolute atomic E-state index is 0.214. The third-order valence-corrected chi connectivity index (χ3v) is 4.68. The number of carbonyl (C=O) groups excluding carboxylic acids is 2. The number of hydrogen-bond donors (Lipinski definition) is 2. The molecular formula is C24H21N5O2. The van der Waals surface area contributed by atoms with E-state index in [9.17, 15) is 9.59 Å². The molecule has 0 bridgehead atoms. The molecule has 0 aliphatic heterocycles. The van der Waals surface area contributed by atoms with E-state index in [1.165, 1.54) is 0 Å². The molecule has 0 spiro atoms. The van der Waals surface area contributed by atoms with Gasteiger partial charge < -0.3 is 0 Å². The summed E-state index contributed by atoms with van der Waals surface area (Å²) >= 11 is 0. The summed E-state index contributed by atoms with van der Waals surface area (Å²) in [6.45, 7) is 0. The molecule has 0 unspecified atom stereocenters. The molecule has 2 N–H and O–H groups in total. The maximum atomic E-state index is 12.9. The second kappa shape index (κ2) is 9.49. The van der Waals surface area contributed by atoms with Crippen LogP contribution in [0, 0.1) is 0 Å². The van der Waals surface area contributed by atoms with Crippen LogP contribution < -0.4 is 10.9 Å². The number of nitrogens with zero attached hydrogens (tertiary/aromatic N) is 3. The number of para-hydroxylation sites is 1. The number of aryl methyl sites for hydroxylation is 1. The topological polar surface area (TPSA) is 88.9 Å². The van der Waals surface area contributed by atoms with Gasteiger partial charge in [0.05, 0.1) is 11.3 Å². The van der Waals surface area contributed by atoms with Crippen molar-refractivity contribution in [3.8, 4) is 16.9 Å². The molecule has 31 heavy (non-hydrogen) atoms. The van der Waals surface area contributed by atoms with Gasteiger partial charge in [-0.25, -0.2) is 4.68 Å². The molecule has 0 aliphatic rings. The van der Waals surface area contributed by atoms with Crippen molar-refractivity contribution < 1.29 is 9.59 Å². The van der Waals surface area contributed by atoms with Crippen LogP contribution in [-0.2, 0) is 11.2 Å². The summed E-state index contributed by atoms with van der Waals surface area (Å²) in [6.07, 6.45) is 4.05. The van der Waals surface area contributed by atoms with Gasteiger partial charge in [-0.1, -0.05) is 54.6 Å². The number of pyridine rings is 1. The van der Waals surface area contributed by atoms with Crippen LogP contribution in [0.5, 0.6) is 0 Å². The number of carbonyl (C=O) groups is 2. The third kappa shape index (κ3) is 5.02. The van der Waals surface area contributed by atoms with Gasteiger partial charge in [0.15, 0.2) is 0 Å². The number of nitrogens with one attached hydrogen (secondary N) is 2. The van der Waals surface area contributed by atoms with E-state index in [0.717, 1.165) is 16.9 Å². The molecule has 0 fully saturated rings.